The van der Waals surface area contributed by atoms with Crippen molar-refractivity contribution < 1.29 is 14.6 Å². The van der Waals surface area contributed by atoms with Gasteiger partial charge in [0.2, 0.25) is 0 Å². The SMILES string of the molecule is CCC1CCCN(C2CC3(CCC2O)OCCO3)C1. The first-order chi connectivity index (χ1) is 9.22. The largest absolute Gasteiger partial charge is 0.391 e. The van der Waals surface area contributed by atoms with Crippen LogP contribution in [0.1, 0.15) is 45.4 Å². The van der Waals surface area contributed by atoms with Crippen LogP contribution in [0.3, 0.4) is 0 Å². The lowest BCUT2D eigenvalue weighted by atomic mass is 9.84. The zero-order valence-electron chi connectivity index (χ0n) is 12.0. The summed E-state index contributed by atoms with van der Waals surface area (Å²) in [5.74, 6) is 0.410. The number of likely N-dealkylation sites (tertiary alicyclic amines) is 1. The van der Waals surface area contributed by atoms with Gasteiger partial charge in [-0.1, -0.05) is 13.3 Å². The molecule has 2 heterocycles. The summed E-state index contributed by atoms with van der Waals surface area (Å²) in [4.78, 5) is 2.49. The van der Waals surface area contributed by atoms with Crippen molar-refractivity contribution in [2.24, 2.45) is 5.92 Å². The Bertz CT molecular complexity index is 304. The van der Waals surface area contributed by atoms with Crippen molar-refractivity contribution in [1.29, 1.82) is 0 Å². The molecule has 3 rings (SSSR count). The molecule has 1 saturated carbocycles. The molecular weight excluding hydrogens is 242 g/mol. The summed E-state index contributed by atoms with van der Waals surface area (Å²) < 4.78 is 11.7. The fourth-order valence-corrected chi connectivity index (χ4v) is 3.98. The summed E-state index contributed by atoms with van der Waals surface area (Å²) in [7, 11) is 0. The van der Waals surface area contributed by atoms with E-state index in [1.807, 2.05) is 0 Å². The van der Waals surface area contributed by atoms with Gasteiger partial charge >= 0.3 is 0 Å². The molecule has 0 aromatic carbocycles. The Hall–Kier alpha value is -0.160. The molecule has 0 aromatic rings. The van der Waals surface area contributed by atoms with Gasteiger partial charge in [-0.2, -0.15) is 0 Å². The molecule has 3 atom stereocenters. The van der Waals surface area contributed by atoms with Crippen LogP contribution in [0.4, 0.5) is 0 Å². The lowest BCUT2D eigenvalue weighted by Gasteiger charge is -2.46. The third kappa shape index (κ3) is 2.82. The summed E-state index contributed by atoms with van der Waals surface area (Å²) in [5.41, 5.74) is 0. The smallest absolute Gasteiger partial charge is 0.170 e. The van der Waals surface area contributed by atoms with Crippen LogP contribution in [0.5, 0.6) is 0 Å². The molecule has 0 aromatic heterocycles. The summed E-state index contributed by atoms with van der Waals surface area (Å²) >= 11 is 0. The van der Waals surface area contributed by atoms with E-state index in [4.69, 9.17) is 9.47 Å². The Morgan fingerprint density at radius 3 is 2.79 bits per heavy atom. The van der Waals surface area contributed by atoms with Gasteiger partial charge in [-0.25, -0.2) is 0 Å². The van der Waals surface area contributed by atoms with Crippen LogP contribution in [0.25, 0.3) is 0 Å². The molecular formula is C15H27NO3. The average Bonchev–Trinajstić information content (AvgIpc) is 2.90. The second kappa shape index (κ2) is 5.68. The molecule has 3 fully saturated rings. The minimum Gasteiger partial charge on any atom is -0.391 e. The highest BCUT2D eigenvalue weighted by Gasteiger charge is 2.46. The number of ether oxygens (including phenoxy) is 2. The van der Waals surface area contributed by atoms with Crippen LogP contribution < -0.4 is 0 Å². The summed E-state index contributed by atoms with van der Waals surface area (Å²) in [6.07, 6.45) is 6.12. The van der Waals surface area contributed by atoms with Crippen LogP contribution in [0, 0.1) is 5.92 Å². The van der Waals surface area contributed by atoms with Crippen LogP contribution in [-0.2, 0) is 9.47 Å². The topological polar surface area (TPSA) is 41.9 Å². The second-order valence-electron chi connectivity index (χ2n) is 6.40. The molecule has 0 radical (unpaired) electrons. The maximum Gasteiger partial charge on any atom is 0.170 e. The van der Waals surface area contributed by atoms with Crippen molar-refractivity contribution in [3.8, 4) is 0 Å². The first-order valence-corrected chi connectivity index (χ1v) is 7.92. The number of piperidine rings is 1. The Balaban J connectivity index is 1.67. The van der Waals surface area contributed by atoms with Gasteiger partial charge in [0.25, 0.3) is 0 Å². The normalized spacial score (nSPS) is 39.8. The number of hydrogen-bond acceptors (Lipinski definition) is 4. The minimum atomic E-state index is -0.386. The Kier molecular flexibility index (Phi) is 4.13. The van der Waals surface area contributed by atoms with Crippen molar-refractivity contribution >= 4 is 0 Å². The van der Waals surface area contributed by atoms with E-state index in [1.54, 1.807) is 0 Å². The quantitative estimate of drug-likeness (QED) is 0.829. The molecule has 1 aliphatic carbocycles. The second-order valence-corrected chi connectivity index (χ2v) is 6.40. The first kappa shape index (κ1) is 13.8. The van der Waals surface area contributed by atoms with Crippen LogP contribution in [0.15, 0.2) is 0 Å². The van der Waals surface area contributed by atoms with Gasteiger partial charge in [0.15, 0.2) is 5.79 Å². The van der Waals surface area contributed by atoms with E-state index in [1.165, 1.54) is 19.3 Å². The van der Waals surface area contributed by atoms with E-state index in [2.05, 4.69) is 11.8 Å². The van der Waals surface area contributed by atoms with E-state index in [0.29, 0.717) is 13.2 Å². The van der Waals surface area contributed by atoms with Gasteiger partial charge in [0.05, 0.1) is 19.3 Å². The third-order valence-electron chi connectivity index (χ3n) is 5.20. The van der Waals surface area contributed by atoms with Crippen molar-refractivity contribution in [3.63, 3.8) is 0 Å². The highest BCUT2D eigenvalue weighted by atomic mass is 16.7. The Morgan fingerprint density at radius 1 is 1.26 bits per heavy atom. The predicted molar refractivity (Wildman–Crippen MR) is 72.9 cm³/mol. The molecule has 0 amide bonds. The fourth-order valence-electron chi connectivity index (χ4n) is 3.98. The van der Waals surface area contributed by atoms with Gasteiger partial charge in [-0.3, -0.25) is 4.90 Å². The van der Waals surface area contributed by atoms with Crippen molar-refractivity contribution in [2.45, 2.75) is 63.4 Å². The maximum absolute atomic E-state index is 10.4. The molecule has 1 spiro atoms. The molecule has 110 valence electrons. The molecule has 4 heteroatoms. The van der Waals surface area contributed by atoms with Gasteiger partial charge in [-0.15, -0.1) is 0 Å². The van der Waals surface area contributed by atoms with Crippen molar-refractivity contribution in [3.05, 3.63) is 0 Å². The lowest BCUT2D eigenvalue weighted by Crippen LogP contribution is -2.55. The summed E-state index contributed by atoms with van der Waals surface area (Å²) in [6, 6.07) is 0.223. The van der Waals surface area contributed by atoms with Crippen LogP contribution in [0.2, 0.25) is 0 Å². The zero-order chi connectivity index (χ0) is 13.3. The van der Waals surface area contributed by atoms with E-state index in [0.717, 1.165) is 38.3 Å². The number of aliphatic hydroxyl groups is 1. The number of aliphatic hydroxyl groups excluding tert-OH is 1. The number of nitrogens with zero attached hydrogens (tertiary/aromatic N) is 1. The molecule has 19 heavy (non-hydrogen) atoms. The minimum absolute atomic E-state index is 0.214. The summed E-state index contributed by atoms with van der Waals surface area (Å²) in [5, 5.41) is 10.4. The van der Waals surface area contributed by atoms with Crippen molar-refractivity contribution in [1.82, 2.24) is 4.90 Å². The highest BCUT2D eigenvalue weighted by Crippen LogP contribution is 2.39. The van der Waals surface area contributed by atoms with Gasteiger partial charge in [0, 0.05) is 25.4 Å². The Morgan fingerprint density at radius 2 is 2.05 bits per heavy atom. The molecule has 0 bridgehead atoms. The van der Waals surface area contributed by atoms with Gasteiger partial charge in [0.1, 0.15) is 0 Å². The van der Waals surface area contributed by atoms with E-state index in [-0.39, 0.29) is 17.9 Å². The van der Waals surface area contributed by atoms with Crippen molar-refractivity contribution in [2.75, 3.05) is 26.3 Å². The third-order valence-corrected chi connectivity index (χ3v) is 5.20. The zero-order valence-corrected chi connectivity index (χ0v) is 12.0. The monoisotopic (exact) mass is 269 g/mol. The lowest BCUT2D eigenvalue weighted by molar-refractivity contribution is -0.206. The molecule has 3 unspecified atom stereocenters. The van der Waals surface area contributed by atoms with E-state index >= 15 is 0 Å². The molecule has 4 nitrogen and oxygen atoms in total. The fraction of sp³-hybridized carbons (Fsp3) is 1.00. The predicted octanol–water partition coefficient (Wildman–Crippen LogP) is 1.76. The number of hydrogen-bond donors (Lipinski definition) is 1. The number of rotatable bonds is 2. The highest BCUT2D eigenvalue weighted by molar-refractivity contribution is 4.94. The summed E-state index contributed by atoms with van der Waals surface area (Å²) in [6.45, 7) is 5.94. The van der Waals surface area contributed by atoms with E-state index < -0.39 is 0 Å². The van der Waals surface area contributed by atoms with Crippen LogP contribution in [-0.4, -0.2) is 54.2 Å². The Labute approximate surface area is 116 Å². The van der Waals surface area contributed by atoms with Crippen LogP contribution >= 0.6 is 0 Å². The van der Waals surface area contributed by atoms with Gasteiger partial charge < -0.3 is 14.6 Å². The molecule has 1 N–H and O–H groups in total. The molecule has 2 saturated heterocycles. The first-order valence-electron chi connectivity index (χ1n) is 7.92. The maximum atomic E-state index is 10.4. The molecule has 2 aliphatic heterocycles. The molecule has 3 aliphatic rings. The standard InChI is InChI=1S/C15H27NO3/c1-2-12-4-3-7-16(11-12)13-10-15(6-5-14(13)17)18-8-9-19-15/h12-14,17H,2-11H2,1H3. The van der Waals surface area contributed by atoms with E-state index in [9.17, 15) is 5.11 Å². The van der Waals surface area contributed by atoms with Gasteiger partial charge in [-0.05, 0) is 31.7 Å². The average molecular weight is 269 g/mol.